The molecule has 0 aromatic rings. The zero-order chi connectivity index (χ0) is 8.32. The number of halogens is 2. The average molecular weight is 159 g/mol. The zero-order valence-corrected chi connectivity index (χ0v) is 6.32. The molecule has 1 unspecified atom stereocenters. The van der Waals surface area contributed by atoms with Gasteiger partial charge in [0, 0.05) is 19.3 Å². The van der Waals surface area contributed by atoms with Crippen LogP contribution in [0.2, 0.25) is 0 Å². The van der Waals surface area contributed by atoms with Crippen molar-refractivity contribution in [3.63, 3.8) is 0 Å². The van der Waals surface area contributed by atoms with Crippen LogP contribution >= 0.6 is 0 Å². The van der Waals surface area contributed by atoms with E-state index >= 15 is 0 Å². The Morgan fingerprint density at radius 2 is 2.27 bits per heavy atom. The molecule has 0 N–H and O–H groups in total. The second-order valence-corrected chi connectivity index (χ2v) is 3.18. The van der Waals surface area contributed by atoms with Crippen molar-refractivity contribution in [2.75, 3.05) is 0 Å². The molecule has 0 spiro atoms. The van der Waals surface area contributed by atoms with E-state index in [4.69, 9.17) is 5.26 Å². The van der Waals surface area contributed by atoms with Gasteiger partial charge in [-0.1, -0.05) is 0 Å². The van der Waals surface area contributed by atoms with Gasteiger partial charge in [-0.05, 0) is 18.8 Å². The monoisotopic (exact) mass is 159 g/mol. The van der Waals surface area contributed by atoms with Crippen molar-refractivity contribution < 1.29 is 8.78 Å². The maximum Gasteiger partial charge on any atom is 0.248 e. The Morgan fingerprint density at radius 1 is 1.55 bits per heavy atom. The summed E-state index contributed by atoms with van der Waals surface area (Å²) in [7, 11) is 0. The molecule has 11 heavy (non-hydrogen) atoms. The van der Waals surface area contributed by atoms with Gasteiger partial charge in [0.15, 0.2) is 0 Å². The summed E-state index contributed by atoms with van der Waals surface area (Å²) in [6.07, 6.45) is 1.58. The highest BCUT2D eigenvalue weighted by Gasteiger charge is 2.35. The molecule has 3 heteroatoms. The van der Waals surface area contributed by atoms with Crippen molar-refractivity contribution in [1.29, 1.82) is 5.26 Å². The standard InChI is InChI=1S/C8H11F2N/c9-8(10)4-1-2-7(6-8)3-5-11/h7H,1-4,6H2. The molecule has 0 aromatic heterocycles. The molecule has 1 aliphatic carbocycles. The highest BCUT2D eigenvalue weighted by Crippen LogP contribution is 2.37. The summed E-state index contributed by atoms with van der Waals surface area (Å²) in [5.41, 5.74) is 0. The third-order valence-corrected chi connectivity index (χ3v) is 2.12. The van der Waals surface area contributed by atoms with Gasteiger partial charge in [0.05, 0.1) is 6.07 Å². The molecule has 1 nitrogen and oxygen atoms in total. The third kappa shape index (κ3) is 2.45. The Bertz CT molecular complexity index is 171. The Hall–Kier alpha value is -0.650. The van der Waals surface area contributed by atoms with E-state index in [-0.39, 0.29) is 25.2 Å². The van der Waals surface area contributed by atoms with Crippen molar-refractivity contribution in [2.24, 2.45) is 5.92 Å². The number of alkyl halides is 2. The fourth-order valence-electron chi connectivity index (χ4n) is 1.58. The van der Waals surface area contributed by atoms with E-state index in [9.17, 15) is 8.78 Å². The van der Waals surface area contributed by atoms with E-state index in [2.05, 4.69) is 0 Å². The van der Waals surface area contributed by atoms with Crippen LogP contribution in [0.3, 0.4) is 0 Å². The molecule has 1 aliphatic rings. The molecule has 1 fully saturated rings. The van der Waals surface area contributed by atoms with Crippen molar-refractivity contribution >= 4 is 0 Å². The predicted molar refractivity (Wildman–Crippen MR) is 37.1 cm³/mol. The summed E-state index contributed by atoms with van der Waals surface area (Å²) < 4.78 is 25.3. The van der Waals surface area contributed by atoms with Gasteiger partial charge in [-0.15, -0.1) is 0 Å². The van der Waals surface area contributed by atoms with Crippen molar-refractivity contribution in [2.45, 2.75) is 38.0 Å². The molecule has 0 aromatic carbocycles. The lowest BCUT2D eigenvalue weighted by Gasteiger charge is -2.27. The minimum Gasteiger partial charge on any atom is -0.207 e. The van der Waals surface area contributed by atoms with Crippen molar-refractivity contribution in [1.82, 2.24) is 0 Å². The molecule has 0 heterocycles. The topological polar surface area (TPSA) is 23.8 Å². The smallest absolute Gasteiger partial charge is 0.207 e. The van der Waals surface area contributed by atoms with Gasteiger partial charge in [-0.3, -0.25) is 0 Å². The first-order valence-corrected chi connectivity index (χ1v) is 3.89. The molecular weight excluding hydrogens is 148 g/mol. The predicted octanol–water partition coefficient (Wildman–Crippen LogP) is 2.73. The second kappa shape index (κ2) is 3.17. The lowest BCUT2D eigenvalue weighted by molar-refractivity contribution is -0.0515. The first kappa shape index (κ1) is 8.45. The fourth-order valence-corrected chi connectivity index (χ4v) is 1.58. The maximum absolute atomic E-state index is 12.7. The SMILES string of the molecule is N#CCC1CCCC(F)(F)C1. The van der Waals surface area contributed by atoms with Gasteiger partial charge in [-0.25, -0.2) is 8.78 Å². The average Bonchev–Trinajstić information content (AvgIpc) is 1.85. The summed E-state index contributed by atoms with van der Waals surface area (Å²) >= 11 is 0. The number of hydrogen-bond donors (Lipinski definition) is 0. The van der Waals surface area contributed by atoms with Gasteiger partial charge in [0.2, 0.25) is 5.92 Å². The van der Waals surface area contributed by atoms with Crippen LogP contribution in [0.4, 0.5) is 8.78 Å². The molecule has 1 rings (SSSR count). The van der Waals surface area contributed by atoms with Crippen LogP contribution in [-0.4, -0.2) is 5.92 Å². The fraction of sp³-hybridized carbons (Fsp3) is 0.875. The van der Waals surface area contributed by atoms with Gasteiger partial charge in [0.25, 0.3) is 0 Å². The first-order chi connectivity index (χ1) is 5.14. The van der Waals surface area contributed by atoms with E-state index in [1.807, 2.05) is 6.07 Å². The van der Waals surface area contributed by atoms with E-state index in [1.165, 1.54) is 0 Å². The minimum atomic E-state index is -2.50. The summed E-state index contributed by atoms with van der Waals surface area (Å²) in [4.78, 5) is 0. The Labute approximate surface area is 65.0 Å². The van der Waals surface area contributed by atoms with Crippen molar-refractivity contribution in [3.05, 3.63) is 0 Å². The molecule has 1 atom stereocenters. The number of hydrogen-bond acceptors (Lipinski definition) is 1. The highest BCUT2D eigenvalue weighted by molar-refractivity contribution is 4.84. The van der Waals surface area contributed by atoms with Crippen LogP contribution in [0.1, 0.15) is 32.1 Å². The molecule has 0 radical (unpaired) electrons. The van der Waals surface area contributed by atoms with Gasteiger partial charge >= 0.3 is 0 Å². The van der Waals surface area contributed by atoms with E-state index in [0.29, 0.717) is 6.42 Å². The number of rotatable bonds is 1. The van der Waals surface area contributed by atoms with Crippen LogP contribution in [0.25, 0.3) is 0 Å². The normalized spacial score (nSPS) is 29.4. The molecular formula is C8H11F2N. The largest absolute Gasteiger partial charge is 0.248 e. The second-order valence-electron chi connectivity index (χ2n) is 3.18. The Morgan fingerprint density at radius 3 is 2.82 bits per heavy atom. The molecule has 62 valence electrons. The molecule has 1 saturated carbocycles. The van der Waals surface area contributed by atoms with Crippen molar-refractivity contribution in [3.8, 4) is 6.07 Å². The van der Waals surface area contributed by atoms with Crippen LogP contribution in [-0.2, 0) is 0 Å². The molecule has 0 bridgehead atoms. The number of nitrogens with zero attached hydrogens (tertiary/aromatic N) is 1. The lowest BCUT2D eigenvalue weighted by atomic mass is 9.85. The molecule has 0 amide bonds. The Kier molecular flexibility index (Phi) is 2.43. The van der Waals surface area contributed by atoms with Crippen LogP contribution in [0, 0.1) is 17.2 Å². The molecule has 0 saturated heterocycles. The van der Waals surface area contributed by atoms with E-state index in [1.54, 1.807) is 0 Å². The third-order valence-electron chi connectivity index (χ3n) is 2.12. The van der Waals surface area contributed by atoms with Gasteiger partial charge < -0.3 is 0 Å². The first-order valence-electron chi connectivity index (χ1n) is 3.89. The van der Waals surface area contributed by atoms with Crippen LogP contribution in [0.15, 0.2) is 0 Å². The van der Waals surface area contributed by atoms with Gasteiger partial charge in [0.1, 0.15) is 0 Å². The van der Waals surface area contributed by atoms with Gasteiger partial charge in [-0.2, -0.15) is 5.26 Å². The quantitative estimate of drug-likeness (QED) is 0.577. The summed E-state index contributed by atoms with van der Waals surface area (Å²) in [6, 6.07) is 1.94. The zero-order valence-electron chi connectivity index (χ0n) is 6.32. The molecule has 0 aliphatic heterocycles. The van der Waals surface area contributed by atoms with E-state index in [0.717, 1.165) is 6.42 Å². The highest BCUT2D eigenvalue weighted by atomic mass is 19.3. The Balaban J connectivity index is 2.41. The maximum atomic E-state index is 12.7. The minimum absolute atomic E-state index is 0.00886. The van der Waals surface area contributed by atoms with Crippen LogP contribution in [0.5, 0.6) is 0 Å². The van der Waals surface area contributed by atoms with Crippen LogP contribution < -0.4 is 0 Å². The summed E-state index contributed by atoms with van der Waals surface area (Å²) in [5.74, 6) is -2.57. The summed E-state index contributed by atoms with van der Waals surface area (Å²) in [6.45, 7) is 0. The van der Waals surface area contributed by atoms with E-state index < -0.39 is 5.92 Å². The lowest BCUT2D eigenvalue weighted by Crippen LogP contribution is -2.25. The summed E-state index contributed by atoms with van der Waals surface area (Å²) in [5, 5.41) is 8.29. The number of nitriles is 1.